The third-order valence-electron chi connectivity index (χ3n) is 4.03. The van der Waals surface area contributed by atoms with Crippen LogP contribution in [0.4, 0.5) is 11.4 Å². The first-order valence-electron chi connectivity index (χ1n) is 8.77. The lowest BCUT2D eigenvalue weighted by atomic mass is 10.1. The SMILES string of the molecule is CC(C)NC(=O)c1ccc(Cl)cc1NC(=O)CN1C(=O)COc2ccccc21. The summed E-state index contributed by atoms with van der Waals surface area (Å²) in [6.45, 7) is 3.33. The summed E-state index contributed by atoms with van der Waals surface area (Å²) in [5.41, 5.74) is 1.10. The largest absolute Gasteiger partial charge is 0.482 e. The number of carbonyl (C=O) groups excluding carboxylic acids is 3. The van der Waals surface area contributed by atoms with Gasteiger partial charge in [-0.1, -0.05) is 23.7 Å². The van der Waals surface area contributed by atoms with Gasteiger partial charge in [0.2, 0.25) is 5.91 Å². The summed E-state index contributed by atoms with van der Waals surface area (Å²) in [6, 6.07) is 11.6. The normalized spacial score (nSPS) is 13.0. The second kappa shape index (κ2) is 8.31. The first kappa shape index (κ1) is 19.7. The van der Waals surface area contributed by atoms with Gasteiger partial charge in [-0.05, 0) is 44.2 Å². The zero-order valence-corrected chi connectivity index (χ0v) is 16.2. The maximum absolute atomic E-state index is 12.6. The molecule has 1 aliphatic heterocycles. The van der Waals surface area contributed by atoms with Crippen molar-refractivity contribution < 1.29 is 19.1 Å². The number of hydrogen-bond acceptors (Lipinski definition) is 4. The zero-order chi connectivity index (χ0) is 20.3. The van der Waals surface area contributed by atoms with Gasteiger partial charge in [0.15, 0.2) is 6.61 Å². The number of benzene rings is 2. The average molecular weight is 402 g/mol. The van der Waals surface area contributed by atoms with Gasteiger partial charge < -0.3 is 15.4 Å². The summed E-state index contributed by atoms with van der Waals surface area (Å²) in [5.74, 6) is -0.562. The summed E-state index contributed by atoms with van der Waals surface area (Å²) < 4.78 is 5.38. The number of ether oxygens (including phenoxy) is 1. The lowest BCUT2D eigenvalue weighted by Crippen LogP contribution is -2.43. The molecule has 2 aromatic carbocycles. The Bertz CT molecular complexity index is 929. The summed E-state index contributed by atoms with van der Waals surface area (Å²) in [6.07, 6.45) is 0. The zero-order valence-electron chi connectivity index (χ0n) is 15.5. The number of halogens is 1. The first-order valence-corrected chi connectivity index (χ1v) is 9.15. The Morgan fingerprint density at radius 3 is 2.71 bits per heavy atom. The molecule has 28 heavy (non-hydrogen) atoms. The average Bonchev–Trinajstić information content (AvgIpc) is 2.63. The Labute approximate surface area is 167 Å². The van der Waals surface area contributed by atoms with Gasteiger partial charge in [0.05, 0.1) is 16.9 Å². The van der Waals surface area contributed by atoms with E-state index in [1.807, 2.05) is 13.8 Å². The van der Waals surface area contributed by atoms with Gasteiger partial charge in [0.1, 0.15) is 12.3 Å². The Balaban J connectivity index is 1.80. The molecule has 2 N–H and O–H groups in total. The molecular weight excluding hydrogens is 382 g/mol. The van der Waals surface area contributed by atoms with Crippen LogP contribution in [0.25, 0.3) is 0 Å². The second-order valence-corrected chi connectivity index (χ2v) is 7.04. The lowest BCUT2D eigenvalue weighted by Gasteiger charge is -2.28. The molecule has 1 heterocycles. The van der Waals surface area contributed by atoms with Crippen LogP contribution in [0.15, 0.2) is 42.5 Å². The Hall–Kier alpha value is -3.06. The number of fused-ring (bicyclic) bond motifs is 1. The molecule has 0 bridgehead atoms. The van der Waals surface area contributed by atoms with E-state index in [9.17, 15) is 14.4 Å². The molecule has 0 fully saturated rings. The van der Waals surface area contributed by atoms with Crippen LogP contribution in [0.1, 0.15) is 24.2 Å². The van der Waals surface area contributed by atoms with E-state index in [4.69, 9.17) is 16.3 Å². The monoisotopic (exact) mass is 401 g/mol. The molecule has 0 aromatic heterocycles. The number of carbonyl (C=O) groups is 3. The fourth-order valence-electron chi connectivity index (χ4n) is 2.82. The minimum atomic E-state index is -0.453. The highest BCUT2D eigenvalue weighted by Crippen LogP contribution is 2.31. The standard InChI is InChI=1S/C20H20ClN3O4/c1-12(2)22-20(27)14-8-7-13(21)9-15(14)23-18(25)10-24-16-5-3-4-6-17(16)28-11-19(24)26/h3-9,12H,10-11H2,1-2H3,(H,22,27)(H,23,25). The molecular formula is C20H20ClN3O4. The van der Waals surface area contributed by atoms with Crippen molar-refractivity contribution in [1.82, 2.24) is 5.32 Å². The van der Waals surface area contributed by atoms with E-state index in [1.54, 1.807) is 36.4 Å². The van der Waals surface area contributed by atoms with Crippen LogP contribution in [0.3, 0.4) is 0 Å². The van der Waals surface area contributed by atoms with Crippen LogP contribution in [0.2, 0.25) is 5.02 Å². The smallest absolute Gasteiger partial charge is 0.265 e. The number of para-hydroxylation sites is 2. The third kappa shape index (κ3) is 4.43. The number of anilines is 2. The lowest BCUT2D eigenvalue weighted by molar-refractivity contribution is -0.123. The maximum Gasteiger partial charge on any atom is 0.265 e. The molecule has 0 saturated heterocycles. The summed E-state index contributed by atoms with van der Waals surface area (Å²) in [5, 5.41) is 5.84. The fraction of sp³-hybridized carbons (Fsp3) is 0.250. The molecule has 0 spiro atoms. The minimum absolute atomic E-state index is 0.0609. The third-order valence-corrected chi connectivity index (χ3v) is 4.27. The first-order chi connectivity index (χ1) is 13.3. The Morgan fingerprint density at radius 1 is 1.21 bits per heavy atom. The van der Waals surface area contributed by atoms with Gasteiger partial charge >= 0.3 is 0 Å². The molecule has 1 aliphatic rings. The second-order valence-electron chi connectivity index (χ2n) is 6.60. The van der Waals surface area contributed by atoms with Crippen LogP contribution >= 0.6 is 11.6 Å². The van der Waals surface area contributed by atoms with Gasteiger partial charge in [-0.15, -0.1) is 0 Å². The van der Waals surface area contributed by atoms with Crippen molar-refractivity contribution in [3.8, 4) is 5.75 Å². The van der Waals surface area contributed by atoms with E-state index in [-0.39, 0.29) is 36.7 Å². The molecule has 0 saturated carbocycles. The van der Waals surface area contributed by atoms with Crippen molar-refractivity contribution >= 4 is 40.7 Å². The topological polar surface area (TPSA) is 87.7 Å². The molecule has 2 aromatic rings. The molecule has 0 radical (unpaired) electrons. The van der Waals surface area contributed by atoms with Crippen molar-refractivity contribution in [2.75, 3.05) is 23.4 Å². The van der Waals surface area contributed by atoms with Gasteiger partial charge in [-0.3, -0.25) is 19.3 Å². The number of hydrogen-bond donors (Lipinski definition) is 2. The van der Waals surface area contributed by atoms with E-state index in [0.29, 0.717) is 22.0 Å². The summed E-state index contributed by atoms with van der Waals surface area (Å²) in [4.78, 5) is 38.6. The quantitative estimate of drug-likeness (QED) is 0.806. The van der Waals surface area contributed by atoms with Crippen molar-refractivity contribution in [3.63, 3.8) is 0 Å². The number of nitrogens with zero attached hydrogens (tertiary/aromatic N) is 1. The predicted octanol–water partition coefficient (Wildman–Crippen LogP) is 2.84. The summed E-state index contributed by atoms with van der Waals surface area (Å²) in [7, 11) is 0. The number of rotatable bonds is 5. The van der Waals surface area contributed by atoms with Gasteiger partial charge in [0, 0.05) is 11.1 Å². The maximum atomic E-state index is 12.6. The highest BCUT2D eigenvalue weighted by molar-refractivity contribution is 6.31. The molecule has 0 aliphatic carbocycles. The number of amides is 3. The fourth-order valence-corrected chi connectivity index (χ4v) is 2.99. The summed E-state index contributed by atoms with van der Waals surface area (Å²) >= 11 is 6.03. The molecule has 0 unspecified atom stereocenters. The number of nitrogens with one attached hydrogen (secondary N) is 2. The highest BCUT2D eigenvalue weighted by atomic mass is 35.5. The Morgan fingerprint density at radius 2 is 1.96 bits per heavy atom. The van der Waals surface area contributed by atoms with Crippen LogP contribution in [-0.4, -0.2) is 36.9 Å². The van der Waals surface area contributed by atoms with E-state index in [0.717, 1.165) is 0 Å². The van der Waals surface area contributed by atoms with Crippen LogP contribution < -0.4 is 20.3 Å². The van der Waals surface area contributed by atoms with E-state index < -0.39 is 5.91 Å². The van der Waals surface area contributed by atoms with Gasteiger partial charge in [0.25, 0.3) is 11.8 Å². The molecule has 7 nitrogen and oxygen atoms in total. The molecule has 8 heteroatoms. The Kier molecular flexibility index (Phi) is 5.84. The van der Waals surface area contributed by atoms with Crippen molar-refractivity contribution in [3.05, 3.63) is 53.1 Å². The molecule has 146 valence electrons. The van der Waals surface area contributed by atoms with Crippen molar-refractivity contribution in [2.45, 2.75) is 19.9 Å². The molecule has 3 rings (SSSR count). The van der Waals surface area contributed by atoms with Gasteiger partial charge in [-0.2, -0.15) is 0 Å². The van der Waals surface area contributed by atoms with E-state index in [2.05, 4.69) is 10.6 Å². The van der Waals surface area contributed by atoms with Gasteiger partial charge in [-0.25, -0.2) is 0 Å². The van der Waals surface area contributed by atoms with Crippen molar-refractivity contribution in [2.24, 2.45) is 0 Å². The van der Waals surface area contributed by atoms with E-state index >= 15 is 0 Å². The minimum Gasteiger partial charge on any atom is -0.482 e. The van der Waals surface area contributed by atoms with E-state index in [1.165, 1.54) is 11.0 Å². The van der Waals surface area contributed by atoms with Crippen LogP contribution in [0, 0.1) is 0 Å². The predicted molar refractivity (Wildman–Crippen MR) is 107 cm³/mol. The molecule has 0 atom stereocenters. The highest BCUT2D eigenvalue weighted by Gasteiger charge is 2.27. The van der Waals surface area contributed by atoms with Crippen molar-refractivity contribution in [1.29, 1.82) is 0 Å². The molecule has 3 amide bonds. The van der Waals surface area contributed by atoms with Crippen LogP contribution in [0.5, 0.6) is 5.75 Å². The van der Waals surface area contributed by atoms with Crippen LogP contribution in [-0.2, 0) is 9.59 Å².